The Morgan fingerprint density at radius 1 is 1.07 bits per heavy atom. The van der Waals surface area contributed by atoms with Crippen LogP contribution in [0.2, 0.25) is 0 Å². The zero-order chi connectivity index (χ0) is 18.7. The second-order valence-electron chi connectivity index (χ2n) is 5.98. The molecule has 0 spiro atoms. The minimum absolute atomic E-state index is 0. The number of hydrogen-bond donors (Lipinski definition) is 1. The van der Waals surface area contributed by atoms with Crippen molar-refractivity contribution >= 4 is 17.6 Å². The van der Waals surface area contributed by atoms with Crippen LogP contribution in [0.3, 0.4) is 0 Å². The van der Waals surface area contributed by atoms with E-state index < -0.39 is 17.7 Å². The van der Waals surface area contributed by atoms with Crippen molar-refractivity contribution in [2.45, 2.75) is 19.3 Å². The molecule has 2 aromatic rings. The van der Waals surface area contributed by atoms with Gasteiger partial charge in [0, 0.05) is 5.57 Å². The third-order valence-electron chi connectivity index (χ3n) is 4.36. The van der Waals surface area contributed by atoms with E-state index >= 15 is 0 Å². The largest absolute Gasteiger partial charge is 1.00 e. The number of nitrogens with one attached hydrogen (secondary N) is 1. The van der Waals surface area contributed by atoms with Gasteiger partial charge >= 0.3 is 29.6 Å². The minimum Gasteiger partial charge on any atom is -0.545 e. The fourth-order valence-electron chi connectivity index (χ4n) is 3.02. The van der Waals surface area contributed by atoms with Crippen LogP contribution in [-0.2, 0) is 9.59 Å². The monoisotopic (exact) mass is 377 g/mol. The van der Waals surface area contributed by atoms with Crippen LogP contribution >= 0.6 is 0 Å². The fourth-order valence-corrected chi connectivity index (χ4v) is 3.02. The van der Waals surface area contributed by atoms with Gasteiger partial charge in [0.1, 0.15) is 11.6 Å². The molecule has 0 saturated carbocycles. The number of carbonyl (C=O) groups excluding carboxylic acids is 2. The zero-order valence-electron chi connectivity index (χ0n) is 15.2. The van der Waals surface area contributed by atoms with Gasteiger partial charge in [-0.1, -0.05) is 18.2 Å². The topological polar surface area (TPSA) is 78.5 Å². The molecule has 27 heavy (non-hydrogen) atoms. The molecule has 1 aliphatic rings. The van der Waals surface area contributed by atoms with Crippen LogP contribution in [0.1, 0.15) is 19.3 Å². The summed E-state index contributed by atoms with van der Waals surface area (Å²) in [6.45, 7) is 0. The van der Waals surface area contributed by atoms with Crippen LogP contribution in [0.15, 0.2) is 53.6 Å². The molecule has 5 nitrogen and oxygen atoms in total. The van der Waals surface area contributed by atoms with E-state index in [1.165, 1.54) is 12.1 Å². The molecule has 0 atom stereocenters. The first-order valence-corrected chi connectivity index (χ1v) is 8.18. The average molecular weight is 377 g/mol. The summed E-state index contributed by atoms with van der Waals surface area (Å²) in [6.07, 6.45) is 1.21. The normalized spacial score (nSPS) is 13.1. The van der Waals surface area contributed by atoms with E-state index in [1.54, 1.807) is 31.4 Å². The number of ether oxygens (including phenoxy) is 1. The van der Waals surface area contributed by atoms with E-state index in [9.17, 15) is 19.1 Å². The maximum absolute atomic E-state index is 14.4. The summed E-state index contributed by atoms with van der Waals surface area (Å²) < 4.78 is 19.6. The number of carboxylic acid groups (broad SMARTS) is 1. The number of hydrogen-bond acceptors (Lipinski definition) is 4. The molecule has 0 bridgehead atoms. The second kappa shape index (κ2) is 9.17. The second-order valence-corrected chi connectivity index (χ2v) is 5.98. The van der Waals surface area contributed by atoms with Gasteiger partial charge in [-0.2, -0.15) is 0 Å². The smallest absolute Gasteiger partial charge is 0.545 e. The Morgan fingerprint density at radius 2 is 1.78 bits per heavy atom. The average Bonchev–Trinajstić information content (AvgIpc) is 3.13. The van der Waals surface area contributed by atoms with Crippen LogP contribution in [0, 0.1) is 5.82 Å². The SMILES string of the molecule is COc1cccc(-c2ccc(NC(=O)C3=C(C(=O)[O-])CCC3)c(F)c2)c1.[Na+]. The van der Waals surface area contributed by atoms with Crippen LogP contribution in [0.5, 0.6) is 5.75 Å². The Hall–Kier alpha value is -2.15. The van der Waals surface area contributed by atoms with Gasteiger partial charge in [-0.3, -0.25) is 4.79 Å². The van der Waals surface area contributed by atoms with Crippen molar-refractivity contribution in [1.29, 1.82) is 0 Å². The van der Waals surface area contributed by atoms with Crippen molar-refractivity contribution in [2.24, 2.45) is 0 Å². The molecule has 2 aromatic carbocycles. The number of carbonyl (C=O) groups is 2. The molecule has 0 unspecified atom stereocenters. The molecule has 1 N–H and O–H groups in total. The van der Waals surface area contributed by atoms with Gasteiger partial charge in [-0.05, 0) is 60.2 Å². The van der Waals surface area contributed by atoms with Gasteiger partial charge < -0.3 is 20.0 Å². The molecule has 0 saturated heterocycles. The number of methoxy groups -OCH3 is 1. The molecule has 0 heterocycles. The predicted octanol–water partition coefficient (Wildman–Crippen LogP) is -0.326. The molecule has 0 fully saturated rings. The van der Waals surface area contributed by atoms with E-state index in [2.05, 4.69) is 5.32 Å². The van der Waals surface area contributed by atoms with Crippen LogP contribution < -0.4 is 44.7 Å². The Kier molecular flexibility index (Phi) is 7.18. The van der Waals surface area contributed by atoms with E-state index in [0.717, 1.165) is 5.56 Å². The molecular formula is C20H17FNNaO4. The summed E-state index contributed by atoms with van der Waals surface area (Å²) in [5.74, 6) is -1.90. The van der Waals surface area contributed by atoms with Crippen molar-refractivity contribution in [1.82, 2.24) is 0 Å². The van der Waals surface area contributed by atoms with Gasteiger partial charge in [0.15, 0.2) is 0 Å². The standard InChI is InChI=1S/C20H18FNO4.Na/c1-26-14-5-2-4-12(10-14)13-8-9-18(17(21)11-13)22-19(23)15-6-3-7-16(15)20(24)25;/h2,4-5,8-11H,3,6-7H2,1H3,(H,22,23)(H,24,25);/q;+1/p-1. The molecule has 7 heteroatoms. The molecule has 3 rings (SSSR count). The third-order valence-corrected chi connectivity index (χ3v) is 4.36. The van der Waals surface area contributed by atoms with Gasteiger partial charge in [-0.15, -0.1) is 0 Å². The molecule has 1 aliphatic carbocycles. The van der Waals surface area contributed by atoms with Crippen molar-refractivity contribution in [3.05, 3.63) is 59.4 Å². The molecule has 0 radical (unpaired) electrons. The first-order valence-electron chi connectivity index (χ1n) is 8.18. The van der Waals surface area contributed by atoms with E-state index in [0.29, 0.717) is 30.6 Å². The summed E-state index contributed by atoms with van der Waals surface area (Å²) in [5.41, 5.74) is 1.56. The van der Waals surface area contributed by atoms with E-state index in [1.807, 2.05) is 6.07 Å². The fraction of sp³-hybridized carbons (Fsp3) is 0.200. The number of carboxylic acids is 1. The number of amides is 1. The minimum atomic E-state index is -1.35. The Balaban J connectivity index is 0.00000261. The number of anilines is 1. The summed E-state index contributed by atoms with van der Waals surface area (Å²) in [4.78, 5) is 23.3. The van der Waals surface area contributed by atoms with E-state index in [4.69, 9.17) is 4.74 Å². The van der Waals surface area contributed by atoms with Gasteiger partial charge in [0.2, 0.25) is 0 Å². The first kappa shape index (κ1) is 21.2. The number of halogens is 1. The van der Waals surface area contributed by atoms with Crippen molar-refractivity contribution < 1.29 is 53.4 Å². The van der Waals surface area contributed by atoms with Crippen LogP contribution in [0.4, 0.5) is 10.1 Å². The number of aliphatic carboxylic acids is 1. The third kappa shape index (κ3) is 4.77. The number of benzene rings is 2. The maximum Gasteiger partial charge on any atom is 1.00 e. The molecular weight excluding hydrogens is 360 g/mol. The van der Waals surface area contributed by atoms with Crippen molar-refractivity contribution in [3.63, 3.8) is 0 Å². The molecule has 0 aliphatic heterocycles. The Bertz CT molecular complexity index is 911. The van der Waals surface area contributed by atoms with Crippen LogP contribution in [0.25, 0.3) is 11.1 Å². The van der Waals surface area contributed by atoms with Crippen LogP contribution in [-0.4, -0.2) is 19.0 Å². The molecule has 0 aromatic heterocycles. The first-order chi connectivity index (χ1) is 12.5. The summed E-state index contributed by atoms with van der Waals surface area (Å²) in [6, 6.07) is 11.6. The summed E-state index contributed by atoms with van der Waals surface area (Å²) in [7, 11) is 1.55. The molecule has 134 valence electrons. The quantitative estimate of drug-likeness (QED) is 0.725. The predicted molar refractivity (Wildman–Crippen MR) is 92.9 cm³/mol. The zero-order valence-corrected chi connectivity index (χ0v) is 17.2. The maximum atomic E-state index is 14.4. The summed E-state index contributed by atoms with van der Waals surface area (Å²) in [5, 5.41) is 13.5. The van der Waals surface area contributed by atoms with Gasteiger partial charge in [0.25, 0.3) is 5.91 Å². The Morgan fingerprint density at radius 3 is 2.44 bits per heavy atom. The number of rotatable bonds is 5. The molecule has 1 amide bonds. The van der Waals surface area contributed by atoms with Crippen molar-refractivity contribution in [3.8, 4) is 16.9 Å². The summed E-state index contributed by atoms with van der Waals surface area (Å²) >= 11 is 0. The van der Waals surface area contributed by atoms with Crippen molar-refractivity contribution in [2.75, 3.05) is 12.4 Å². The Labute approximate surface area is 178 Å². The van der Waals surface area contributed by atoms with Gasteiger partial charge in [0.05, 0.1) is 18.8 Å². The van der Waals surface area contributed by atoms with Gasteiger partial charge in [-0.25, -0.2) is 4.39 Å². The van der Waals surface area contributed by atoms with E-state index in [-0.39, 0.29) is 46.4 Å².